The van der Waals surface area contributed by atoms with E-state index in [-0.39, 0.29) is 17.6 Å². The predicted molar refractivity (Wildman–Crippen MR) is 107 cm³/mol. The molecule has 0 radical (unpaired) electrons. The van der Waals surface area contributed by atoms with Gasteiger partial charge in [0.2, 0.25) is 0 Å². The summed E-state index contributed by atoms with van der Waals surface area (Å²) in [5.41, 5.74) is 5.64. The number of amidine groups is 1. The molecule has 2 heterocycles. The molecule has 2 aliphatic rings. The molecule has 1 atom stereocenters. The van der Waals surface area contributed by atoms with Gasteiger partial charge in [-0.3, -0.25) is 4.79 Å². The zero-order valence-electron chi connectivity index (χ0n) is 15.8. The highest BCUT2D eigenvalue weighted by molar-refractivity contribution is 7.98. The number of thioether (sulfide) groups is 1. The summed E-state index contributed by atoms with van der Waals surface area (Å²) in [6.45, 7) is 2.60. The van der Waals surface area contributed by atoms with Crippen molar-refractivity contribution in [3.63, 3.8) is 0 Å². The number of rotatable bonds is 7. The Morgan fingerprint density at radius 2 is 2.14 bits per heavy atom. The molecule has 0 spiro atoms. The molecule has 0 saturated heterocycles. The molecule has 1 aromatic carbocycles. The molecule has 0 fully saturated rings. The molecule has 148 valence electrons. The number of benzene rings is 1. The van der Waals surface area contributed by atoms with Crippen LogP contribution in [0.1, 0.15) is 43.0 Å². The minimum Gasteiger partial charge on any atom is -0.316 e. The zero-order chi connectivity index (χ0) is 19.5. The van der Waals surface area contributed by atoms with Gasteiger partial charge in [-0.05, 0) is 43.4 Å². The van der Waals surface area contributed by atoms with E-state index in [1.54, 1.807) is 12.1 Å². The molecule has 6 nitrogen and oxygen atoms in total. The van der Waals surface area contributed by atoms with Crippen LogP contribution in [0.5, 0.6) is 0 Å². The highest BCUT2D eigenvalue weighted by Crippen LogP contribution is 2.26. The van der Waals surface area contributed by atoms with Crippen LogP contribution in [-0.4, -0.2) is 21.6 Å². The molecule has 1 N–H and O–H groups in total. The SMILES string of the molecule is CCCC1N=C(Cn2c(SCc3ccc(F)cc3)nc(=O)c3c2CCC3)NO1. The third-order valence-corrected chi connectivity index (χ3v) is 5.99. The van der Waals surface area contributed by atoms with Crippen molar-refractivity contribution in [1.82, 2.24) is 15.0 Å². The Bertz CT molecular complexity index is 942. The van der Waals surface area contributed by atoms with Crippen LogP contribution in [0.25, 0.3) is 0 Å². The Hall–Kier alpha value is -2.19. The van der Waals surface area contributed by atoms with Crippen LogP contribution >= 0.6 is 11.8 Å². The van der Waals surface area contributed by atoms with E-state index in [1.807, 2.05) is 0 Å². The number of aliphatic imine (C=N–C) groups is 1. The standard InChI is InChI=1S/C20H23FN4O2S/c1-2-4-18-22-17(24-27-18)11-25-16-6-3-5-15(16)19(26)23-20(25)28-12-13-7-9-14(21)10-8-13/h7-10,18H,2-6,11-12H2,1H3,(H,22,24). The summed E-state index contributed by atoms with van der Waals surface area (Å²) in [5.74, 6) is 1.11. The van der Waals surface area contributed by atoms with E-state index in [0.717, 1.165) is 54.8 Å². The largest absolute Gasteiger partial charge is 0.316 e. The van der Waals surface area contributed by atoms with Crippen molar-refractivity contribution in [2.75, 3.05) is 0 Å². The first kappa shape index (κ1) is 19.1. The van der Waals surface area contributed by atoms with Crippen LogP contribution in [0, 0.1) is 5.82 Å². The van der Waals surface area contributed by atoms with E-state index in [2.05, 4.69) is 26.9 Å². The van der Waals surface area contributed by atoms with E-state index in [4.69, 9.17) is 4.84 Å². The number of hydrogen-bond acceptors (Lipinski definition) is 6. The van der Waals surface area contributed by atoms with Crippen LogP contribution in [0.15, 0.2) is 39.2 Å². The molecule has 1 unspecified atom stereocenters. The van der Waals surface area contributed by atoms with Crippen molar-refractivity contribution in [2.24, 2.45) is 4.99 Å². The Kier molecular flexibility index (Phi) is 5.77. The molecule has 28 heavy (non-hydrogen) atoms. The smallest absolute Gasteiger partial charge is 0.277 e. The monoisotopic (exact) mass is 402 g/mol. The summed E-state index contributed by atoms with van der Waals surface area (Å²) in [5, 5.41) is 0.665. The van der Waals surface area contributed by atoms with E-state index in [9.17, 15) is 9.18 Å². The third-order valence-electron chi connectivity index (χ3n) is 4.94. The van der Waals surface area contributed by atoms with Crippen molar-refractivity contribution < 1.29 is 9.23 Å². The normalized spacial score (nSPS) is 18.1. The number of nitrogens with zero attached hydrogens (tertiary/aromatic N) is 3. The first-order valence-electron chi connectivity index (χ1n) is 9.62. The number of hydroxylamine groups is 1. The van der Waals surface area contributed by atoms with Gasteiger partial charge in [-0.15, -0.1) is 0 Å². The number of fused-ring (bicyclic) bond motifs is 1. The van der Waals surface area contributed by atoms with Crippen LogP contribution in [0.4, 0.5) is 4.39 Å². The third kappa shape index (κ3) is 4.12. The lowest BCUT2D eigenvalue weighted by Crippen LogP contribution is -2.28. The fourth-order valence-corrected chi connectivity index (χ4v) is 4.51. The zero-order valence-corrected chi connectivity index (χ0v) is 16.6. The minimum atomic E-state index is -0.256. The Balaban J connectivity index is 1.60. The van der Waals surface area contributed by atoms with Crippen molar-refractivity contribution in [1.29, 1.82) is 0 Å². The van der Waals surface area contributed by atoms with Gasteiger partial charge in [-0.25, -0.2) is 19.7 Å². The topological polar surface area (TPSA) is 68.5 Å². The first-order valence-corrected chi connectivity index (χ1v) is 10.6. The van der Waals surface area contributed by atoms with Gasteiger partial charge in [-0.2, -0.15) is 4.98 Å². The Morgan fingerprint density at radius 3 is 2.93 bits per heavy atom. The molecular formula is C20H23FN4O2S. The fourth-order valence-electron chi connectivity index (χ4n) is 3.54. The predicted octanol–water partition coefficient (Wildman–Crippen LogP) is 3.22. The Morgan fingerprint density at radius 1 is 1.32 bits per heavy atom. The summed E-state index contributed by atoms with van der Waals surface area (Å²) >= 11 is 1.49. The summed E-state index contributed by atoms with van der Waals surface area (Å²) in [6, 6.07) is 6.40. The summed E-state index contributed by atoms with van der Waals surface area (Å²) < 4.78 is 15.2. The van der Waals surface area contributed by atoms with E-state index < -0.39 is 0 Å². The molecule has 0 saturated carbocycles. The van der Waals surface area contributed by atoms with Crippen LogP contribution < -0.4 is 11.0 Å². The molecule has 1 aromatic heterocycles. The number of hydrogen-bond donors (Lipinski definition) is 1. The number of halogens is 1. The maximum Gasteiger partial charge on any atom is 0.277 e. The van der Waals surface area contributed by atoms with Gasteiger partial charge in [0, 0.05) is 17.0 Å². The fraction of sp³-hybridized carbons (Fsp3) is 0.450. The quantitative estimate of drug-likeness (QED) is 0.569. The summed E-state index contributed by atoms with van der Waals surface area (Å²) in [7, 11) is 0. The van der Waals surface area contributed by atoms with Crippen LogP contribution in [-0.2, 0) is 30.0 Å². The highest BCUT2D eigenvalue weighted by Gasteiger charge is 2.24. The van der Waals surface area contributed by atoms with Crippen molar-refractivity contribution in [3.05, 3.63) is 57.3 Å². The highest BCUT2D eigenvalue weighted by atomic mass is 32.2. The molecule has 0 amide bonds. The second-order valence-corrected chi connectivity index (χ2v) is 7.96. The summed E-state index contributed by atoms with van der Waals surface area (Å²) in [6.07, 6.45) is 4.31. The van der Waals surface area contributed by atoms with Crippen molar-refractivity contribution in [3.8, 4) is 0 Å². The van der Waals surface area contributed by atoms with E-state index in [0.29, 0.717) is 17.5 Å². The van der Waals surface area contributed by atoms with Gasteiger partial charge in [0.25, 0.3) is 5.56 Å². The van der Waals surface area contributed by atoms with E-state index in [1.165, 1.54) is 23.9 Å². The average molecular weight is 402 g/mol. The number of aromatic nitrogens is 2. The summed E-state index contributed by atoms with van der Waals surface area (Å²) in [4.78, 5) is 26.9. The van der Waals surface area contributed by atoms with Gasteiger partial charge < -0.3 is 4.57 Å². The van der Waals surface area contributed by atoms with Crippen molar-refractivity contribution >= 4 is 17.6 Å². The van der Waals surface area contributed by atoms with Gasteiger partial charge in [0.15, 0.2) is 11.4 Å². The molecule has 0 bridgehead atoms. The van der Waals surface area contributed by atoms with Gasteiger partial charge in [0.05, 0.1) is 6.54 Å². The van der Waals surface area contributed by atoms with Gasteiger partial charge in [-0.1, -0.05) is 37.2 Å². The van der Waals surface area contributed by atoms with Gasteiger partial charge in [0.1, 0.15) is 11.7 Å². The second kappa shape index (κ2) is 8.45. The minimum absolute atomic E-state index is 0.133. The lowest BCUT2D eigenvalue weighted by Gasteiger charge is -2.16. The molecular weight excluding hydrogens is 379 g/mol. The maximum absolute atomic E-state index is 13.1. The van der Waals surface area contributed by atoms with E-state index >= 15 is 0 Å². The van der Waals surface area contributed by atoms with Crippen molar-refractivity contribution in [2.45, 2.75) is 62.7 Å². The van der Waals surface area contributed by atoms with Crippen LogP contribution in [0.2, 0.25) is 0 Å². The lowest BCUT2D eigenvalue weighted by atomic mass is 10.2. The lowest BCUT2D eigenvalue weighted by molar-refractivity contribution is 0.0322. The maximum atomic E-state index is 13.1. The molecule has 2 aromatic rings. The number of nitrogens with one attached hydrogen (secondary N) is 1. The molecule has 1 aliphatic carbocycles. The van der Waals surface area contributed by atoms with Gasteiger partial charge >= 0.3 is 0 Å². The first-order chi connectivity index (χ1) is 13.6. The second-order valence-electron chi connectivity index (χ2n) is 7.02. The average Bonchev–Trinajstić information content (AvgIpc) is 3.34. The Labute approximate surface area is 167 Å². The molecule has 4 rings (SSSR count). The molecule has 8 heteroatoms. The molecule has 1 aliphatic heterocycles. The van der Waals surface area contributed by atoms with Crippen LogP contribution in [0.3, 0.4) is 0 Å².